The fourth-order valence-corrected chi connectivity index (χ4v) is 2.75. The normalized spacial score (nSPS) is 18.5. The lowest BCUT2D eigenvalue weighted by atomic mass is 9.99. The minimum atomic E-state index is -7.03. The van der Waals surface area contributed by atoms with Crippen molar-refractivity contribution in [3.05, 3.63) is 35.9 Å². The molecular weight excluding hydrogens is 437 g/mol. The van der Waals surface area contributed by atoms with Gasteiger partial charge in [0, 0.05) is 12.8 Å². The van der Waals surface area contributed by atoms with Gasteiger partial charge in [-0.05, 0) is 12.0 Å². The van der Waals surface area contributed by atoms with Crippen LogP contribution in [-0.4, -0.2) is 53.5 Å². The van der Waals surface area contributed by atoms with Crippen molar-refractivity contribution >= 4 is 12.0 Å². The molecule has 1 fully saturated rings. The number of rotatable bonds is 7. The number of carbonyl (C=O) groups is 2. The Balaban J connectivity index is 2.11. The molecule has 168 valence electrons. The van der Waals surface area contributed by atoms with E-state index >= 15 is 0 Å². The van der Waals surface area contributed by atoms with Crippen LogP contribution in [-0.2, 0) is 16.0 Å². The second kappa shape index (κ2) is 7.99. The minimum absolute atomic E-state index is 0.0248. The van der Waals surface area contributed by atoms with E-state index in [-0.39, 0.29) is 13.0 Å². The van der Waals surface area contributed by atoms with Crippen LogP contribution in [0.15, 0.2) is 30.3 Å². The number of halogens is 9. The van der Waals surface area contributed by atoms with Crippen LogP contribution in [0.4, 0.5) is 44.3 Å². The SMILES string of the molecule is O=C(CCC(F)(F)C(F)(F)C(F)(F)C(F)(F)F)N1C(=O)OC[C@@H]1Cc1ccccc1. The van der Waals surface area contributed by atoms with Gasteiger partial charge in [-0.1, -0.05) is 30.3 Å². The molecule has 4 nitrogen and oxygen atoms in total. The van der Waals surface area contributed by atoms with E-state index in [9.17, 15) is 49.1 Å². The first kappa shape index (κ1) is 23.8. The summed E-state index contributed by atoms with van der Waals surface area (Å²) in [5, 5.41) is 0. The van der Waals surface area contributed by atoms with Crippen molar-refractivity contribution in [2.24, 2.45) is 0 Å². The Bertz CT molecular complexity index is 780. The van der Waals surface area contributed by atoms with Crippen molar-refractivity contribution in [2.45, 2.75) is 49.2 Å². The van der Waals surface area contributed by atoms with Crippen LogP contribution in [0, 0.1) is 0 Å². The average Bonchev–Trinajstić information content (AvgIpc) is 2.99. The summed E-state index contributed by atoms with van der Waals surface area (Å²) in [4.78, 5) is 24.2. The van der Waals surface area contributed by atoms with Crippen LogP contribution in [0.3, 0.4) is 0 Å². The molecule has 0 radical (unpaired) electrons. The number of cyclic esters (lactones) is 1. The van der Waals surface area contributed by atoms with E-state index in [0.29, 0.717) is 10.5 Å². The van der Waals surface area contributed by atoms with Gasteiger partial charge in [-0.15, -0.1) is 0 Å². The number of amides is 2. The molecule has 1 heterocycles. The summed E-state index contributed by atoms with van der Waals surface area (Å²) in [6.07, 6.45) is -12.1. The highest BCUT2D eigenvalue weighted by Crippen LogP contribution is 2.54. The smallest absolute Gasteiger partial charge is 0.447 e. The molecule has 1 aliphatic rings. The average molecular weight is 451 g/mol. The highest BCUT2D eigenvalue weighted by atomic mass is 19.4. The lowest BCUT2D eigenvalue weighted by molar-refractivity contribution is -0.396. The molecular formula is C17H14F9NO3. The van der Waals surface area contributed by atoms with Crippen LogP contribution < -0.4 is 0 Å². The number of carbonyl (C=O) groups excluding carboxylic acids is 2. The molecule has 1 saturated heterocycles. The molecule has 0 N–H and O–H groups in total. The third kappa shape index (κ3) is 4.33. The van der Waals surface area contributed by atoms with E-state index in [1.807, 2.05) is 0 Å². The van der Waals surface area contributed by atoms with E-state index in [2.05, 4.69) is 4.74 Å². The van der Waals surface area contributed by atoms with Gasteiger partial charge >= 0.3 is 30.0 Å². The second-order valence-corrected chi connectivity index (χ2v) is 6.54. The Kier molecular flexibility index (Phi) is 6.34. The fourth-order valence-electron chi connectivity index (χ4n) is 2.75. The predicted octanol–water partition coefficient (Wildman–Crippen LogP) is 4.82. The Morgan fingerprint density at radius 1 is 0.967 bits per heavy atom. The van der Waals surface area contributed by atoms with E-state index < -0.39 is 54.8 Å². The van der Waals surface area contributed by atoms with Gasteiger partial charge in [-0.2, -0.15) is 39.5 Å². The first-order valence-corrected chi connectivity index (χ1v) is 8.35. The van der Waals surface area contributed by atoms with Crippen LogP contribution in [0.5, 0.6) is 0 Å². The van der Waals surface area contributed by atoms with Gasteiger partial charge in [-0.25, -0.2) is 9.69 Å². The maximum absolute atomic E-state index is 13.6. The van der Waals surface area contributed by atoms with Gasteiger partial charge in [0.2, 0.25) is 5.91 Å². The highest BCUT2D eigenvalue weighted by molar-refractivity contribution is 5.93. The molecule has 1 aromatic rings. The summed E-state index contributed by atoms with van der Waals surface area (Å²) in [5.74, 6) is -21.2. The summed E-state index contributed by atoms with van der Waals surface area (Å²) in [6.45, 7) is -0.335. The van der Waals surface area contributed by atoms with Crippen molar-refractivity contribution in [3.8, 4) is 0 Å². The molecule has 1 aromatic carbocycles. The van der Waals surface area contributed by atoms with Gasteiger partial charge in [0.05, 0.1) is 6.04 Å². The zero-order chi connectivity index (χ0) is 23.0. The maximum Gasteiger partial charge on any atom is 0.460 e. The standard InChI is InChI=1S/C17H14F9NO3/c18-14(19,15(20,21)16(22,23)17(24,25)26)7-6-12(28)27-11(9-30-13(27)29)8-10-4-2-1-3-5-10/h1-5,11H,6-9H2/t11-/m0/s1. The Morgan fingerprint density at radius 2 is 1.53 bits per heavy atom. The van der Waals surface area contributed by atoms with E-state index in [1.165, 1.54) is 0 Å². The molecule has 13 heteroatoms. The number of hydrogen-bond donors (Lipinski definition) is 0. The predicted molar refractivity (Wildman–Crippen MR) is 82.3 cm³/mol. The summed E-state index contributed by atoms with van der Waals surface area (Å²) >= 11 is 0. The lowest BCUT2D eigenvalue weighted by Crippen LogP contribution is -2.61. The number of nitrogens with zero attached hydrogens (tertiary/aromatic N) is 1. The fraction of sp³-hybridized carbons (Fsp3) is 0.529. The van der Waals surface area contributed by atoms with Crippen molar-refractivity contribution in [3.63, 3.8) is 0 Å². The lowest BCUT2D eigenvalue weighted by Gasteiger charge is -2.33. The largest absolute Gasteiger partial charge is 0.460 e. The first-order valence-electron chi connectivity index (χ1n) is 8.35. The molecule has 2 rings (SSSR count). The summed E-state index contributed by atoms with van der Waals surface area (Å²) in [6, 6.07) is 7.16. The monoisotopic (exact) mass is 451 g/mol. The zero-order valence-electron chi connectivity index (χ0n) is 14.9. The van der Waals surface area contributed by atoms with Gasteiger partial charge in [0.25, 0.3) is 0 Å². The highest BCUT2D eigenvalue weighted by Gasteiger charge is 2.81. The molecule has 0 aliphatic carbocycles. The molecule has 1 aliphatic heterocycles. The van der Waals surface area contributed by atoms with E-state index in [0.717, 1.165) is 0 Å². The van der Waals surface area contributed by atoms with Crippen molar-refractivity contribution < 1.29 is 53.8 Å². The Hall–Kier alpha value is -2.47. The second-order valence-electron chi connectivity index (χ2n) is 6.54. The third-order valence-electron chi connectivity index (χ3n) is 4.41. The van der Waals surface area contributed by atoms with E-state index in [1.54, 1.807) is 30.3 Å². The molecule has 0 saturated carbocycles. The molecule has 0 unspecified atom stereocenters. The zero-order valence-corrected chi connectivity index (χ0v) is 14.9. The van der Waals surface area contributed by atoms with E-state index in [4.69, 9.17) is 0 Å². The Morgan fingerprint density at radius 3 is 2.07 bits per heavy atom. The van der Waals surface area contributed by atoms with Gasteiger partial charge < -0.3 is 4.74 Å². The quantitative estimate of drug-likeness (QED) is 0.559. The van der Waals surface area contributed by atoms with Gasteiger partial charge in [-0.3, -0.25) is 4.79 Å². The van der Waals surface area contributed by atoms with Gasteiger partial charge in [0.15, 0.2) is 0 Å². The first-order chi connectivity index (χ1) is 13.6. The number of alkyl halides is 9. The minimum Gasteiger partial charge on any atom is -0.447 e. The summed E-state index contributed by atoms with van der Waals surface area (Å²) in [7, 11) is 0. The van der Waals surface area contributed by atoms with Crippen LogP contribution >= 0.6 is 0 Å². The number of benzene rings is 1. The molecule has 0 spiro atoms. The number of imide groups is 1. The molecule has 2 amide bonds. The van der Waals surface area contributed by atoms with Crippen LogP contribution in [0.1, 0.15) is 18.4 Å². The Labute approximate surface area is 163 Å². The summed E-state index contributed by atoms with van der Waals surface area (Å²) in [5.41, 5.74) is 0.611. The van der Waals surface area contributed by atoms with Crippen LogP contribution in [0.25, 0.3) is 0 Å². The molecule has 0 aromatic heterocycles. The van der Waals surface area contributed by atoms with Crippen molar-refractivity contribution in [2.75, 3.05) is 6.61 Å². The molecule has 30 heavy (non-hydrogen) atoms. The molecule has 0 bridgehead atoms. The third-order valence-corrected chi connectivity index (χ3v) is 4.41. The topological polar surface area (TPSA) is 46.6 Å². The maximum atomic E-state index is 13.6. The van der Waals surface area contributed by atoms with Gasteiger partial charge in [0.1, 0.15) is 6.61 Å². The summed E-state index contributed by atoms with van der Waals surface area (Å²) < 4.78 is 121. The number of hydrogen-bond acceptors (Lipinski definition) is 3. The van der Waals surface area contributed by atoms with Crippen molar-refractivity contribution in [1.29, 1.82) is 0 Å². The van der Waals surface area contributed by atoms with Crippen molar-refractivity contribution in [1.82, 2.24) is 4.90 Å². The van der Waals surface area contributed by atoms with Crippen LogP contribution in [0.2, 0.25) is 0 Å². The number of ether oxygens (including phenoxy) is 1. The molecule has 1 atom stereocenters.